The zero-order valence-electron chi connectivity index (χ0n) is 24.8. The van der Waals surface area contributed by atoms with Crippen LogP contribution in [0.3, 0.4) is 0 Å². The molecule has 0 saturated carbocycles. The van der Waals surface area contributed by atoms with E-state index < -0.39 is 5.54 Å². The molecule has 2 saturated heterocycles. The average Bonchev–Trinajstić information content (AvgIpc) is 3.69. The van der Waals surface area contributed by atoms with Crippen LogP contribution in [0.2, 0.25) is 0 Å². The van der Waals surface area contributed by atoms with Crippen molar-refractivity contribution < 1.29 is 19.0 Å². The van der Waals surface area contributed by atoms with E-state index in [9.17, 15) is 4.79 Å². The number of morpholine rings is 2. The van der Waals surface area contributed by atoms with Gasteiger partial charge in [0.25, 0.3) is 5.91 Å². The molecular weight excluding hydrogens is 554 g/mol. The zero-order valence-corrected chi connectivity index (χ0v) is 24.8. The van der Waals surface area contributed by atoms with Crippen molar-refractivity contribution in [3.63, 3.8) is 0 Å². The van der Waals surface area contributed by atoms with Crippen molar-refractivity contribution in [2.75, 3.05) is 75.5 Å². The van der Waals surface area contributed by atoms with Crippen molar-refractivity contribution in [2.45, 2.75) is 12.1 Å². The first-order valence-corrected chi connectivity index (χ1v) is 15.6. The third-order valence-corrected chi connectivity index (χ3v) is 9.37. The van der Waals surface area contributed by atoms with E-state index >= 15 is 0 Å². The Balaban J connectivity index is 1.26. The minimum Gasteiger partial charge on any atom is -0.456 e. The van der Waals surface area contributed by atoms with Crippen LogP contribution in [0.1, 0.15) is 32.7 Å². The number of anilines is 2. The van der Waals surface area contributed by atoms with E-state index in [-0.39, 0.29) is 5.91 Å². The number of aromatic amines is 1. The van der Waals surface area contributed by atoms with Crippen LogP contribution in [0.4, 0.5) is 11.4 Å². The molecule has 1 aromatic heterocycles. The zero-order chi connectivity index (χ0) is 29.5. The molecule has 44 heavy (non-hydrogen) atoms. The van der Waals surface area contributed by atoms with Gasteiger partial charge in [-0.3, -0.25) is 4.79 Å². The van der Waals surface area contributed by atoms with Crippen LogP contribution in [0.15, 0.2) is 79.0 Å². The Labute approximate surface area is 257 Å². The second kappa shape index (κ2) is 11.3. The quantitative estimate of drug-likeness (QED) is 0.310. The molecule has 0 atom stereocenters. The number of carbonyl (C=O) groups excluding carboxylic acids is 1. The van der Waals surface area contributed by atoms with Crippen molar-refractivity contribution >= 4 is 17.3 Å². The van der Waals surface area contributed by atoms with Gasteiger partial charge in [-0.05, 0) is 35.9 Å². The molecule has 9 heteroatoms. The first kappa shape index (κ1) is 27.3. The van der Waals surface area contributed by atoms with Gasteiger partial charge in [-0.2, -0.15) is 0 Å². The molecule has 1 amide bonds. The fraction of sp³-hybridized carbons (Fsp3) is 0.343. The number of nitrogens with one attached hydrogen (secondary N) is 2. The lowest BCUT2D eigenvalue weighted by Crippen LogP contribution is -2.49. The van der Waals surface area contributed by atoms with Gasteiger partial charge >= 0.3 is 0 Å². The first-order chi connectivity index (χ1) is 21.7. The SMILES string of the molecule is O=C1c2ccccc2C2(c3ccc(N4CCOCC4)cc3Oc3cc(N4CCOCC4)ccc32)N1CCNCc1ccc[nH]1. The highest BCUT2D eigenvalue weighted by Crippen LogP contribution is 2.58. The average molecular weight is 592 g/mol. The van der Waals surface area contributed by atoms with Gasteiger partial charge in [0, 0.05) is 97.9 Å². The molecule has 3 aromatic carbocycles. The molecule has 8 rings (SSSR count). The summed E-state index contributed by atoms with van der Waals surface area (Å²) in [5.74, 6) is 1.61. The van der Waals surface area contributed by atoms with Crippen molar-refractivity contribution in [2.24, 2.45) is 0 Å². The highest BCUT2D eigenvalue weighted by molar-refractivity contribution is 6.02. The van der Waals surface area contributed by atoms with Crippen LogP contribution in [-0.4, -0.2) is 81.5 Å². The highest BCUT2D eigenvalue weighted by atomic mass is 16.5. The predicted molar refractivity (Wildman–Crippen MR) is 169 cm³/mol. The Morgan fingerprint density at radius 3 is 2.00 bits per heavy atom. The summed E-state index contributed by atoms with van der Waals surface area (Å²) in [4.78, 5) is 24.3. The number of hydrogen-bond acceptors (Lipinski definition) is 7. The highest BCUT2D eigenvalue weighted by Gasteiger charge is 2.56. The minimum absolute atomic E-state index is 0.0376. The number of hydrogen-bond donors (Lipinski definition) is 2. The van der Waals surface area contributed by atoms with Gasteiger partial charge in [-0.15, -0.1) is 0 Å². The summed E-state index contributed by atoms with van der Waals surface area (Å²) in [6, 6.07) is 25.1. The number of H-pyrrole nitrogens is 1. The second-order valence-corrected chi connectivity index (χ2v) is 11.7. The fourth-order valence-corrected chi connectivity index (χ4v) is 7.26. The molecule has 5 heterocycles. The van der Waals surface area contributed by atoms with Gasteiger partial charge in [0.2, 0.25) is 0 Å². The largest absolute Gasteiger partial charge is 0.456 e. The summed E-state index contributed by atoms with van der Waals surface area (Å²) >= 11 is 0. The van der Waals surface area contributed by atoms with Gasteiger partial charge < -0.3 is 39.2 Å². The fourth-order valence-electron chi connectivity index (χ4n) is 7.26. The predicted octanol–water partition coefficient (Wildman–Crippen LogP) is 4.33. The maximum Gasteiger partial charge on any atom is 0.255 e. The van der Waals surface area contributed by atoms with E-state index in [0.29, 0.717) is 46.1 Å². The van der Waals surface area contributed by atoms with E-state index in [1.54, 1.807) is 0 Å². The molecule has 9 nitrogen and oxygen atoms in total. The molecule has 4 aliphatic rings. The van der Waals surface area contributed by atoms with E-state index in [4.69, 9.17) is 14.2 Å². The summed E-state index contributed by atoms with van der Waals surface area (Å²) < 4.78 is 18.1. The Bertz CT molecular complexity index is 1590. The summed E-state index contributed by atoms with van der Waals surface area (Å²) in [7, 11) is 0. The van der Waals surface area contributed by atoms with E-state index in [1.807, 2.05) is 30.5 Å². The molecule has 2 fully saturated rings. The summed E-state index contributed by atoms with van der Waals surface area (Å²) in [6.07, 6.45) is 1.93. The monoisotopic (exact) mass is 591 g/mol. The number of rotatable bonds is 7. The van der Waals surface area contributed by atoms with Gasteiger partial charge in [-0.1, -0.05) is 30.3 Å². The van der Waals surface area contributed by atoms with E-state index in [1.165, 1.54) is 0 Å². The second-order valence-electron chi connectivity index (χ2n) is 11.7. The van der Waals surface area contributed by atoms with Crippen LogP contribution in [0.5, 0.6) is 11.5 Å². The lowest BCUT2D eigenvalue weighted by molar-refractivity contribution is 0.0667. The van der Waals surface area contributed by atoms with Gasteiger partial charge in [0.1, 0.15) is 17.0 Å². The third kappa shape index (κ3) is 4.46. The number of aromatic nitrogens is 1. The third-order valence-electron chi connectivity index (χ3n) is 9.37. The lowest BCUT2D eigenvalue weighted by Gasteiger charge is -2.45. The number of benzene rings is 3. The van der Waals surface area contributed by atoms with Gasteiger partial charge in [0.15, 0.2) is 0 Å². The molecule has 2 N–H and O–H groups in total. The molecule has 0 bridgehead atoms. The standard InChI is InChI=1S/C35H37N5O4/c41-34-28-5-1-2-6-29(28)35(40(34)13-12-36-24-25-4-3-11-37-25)30-9-7-26(38-14-18-42-19-15-38)22-32(30)44-33-23-27(8-10-31(33)35)39-16-20-43-21-17-39/h1-11,22-23,36-37H,12-21,24H2. The van der Waals surface area contributed by atoms with Gasteiger partial charge in [0.05, 0.1) is 26.4 Å². The Morgan fingerprint density at radius 2 is 1.39 bits per heavy atom. The summed E-state index contributed by atoms with van der Waals surface area (Å²) in [6.45, 7) is 8.05. The molecule has 1 spiro atoms. The number of carbonyl (C=O) groups is 1. The molecule has 226 valence electrons. The summed E-state index contributed by atoms with van der Waals surface area (Å²) in [5.41, 5.74) is 6.22. The Morgan fingerprint density at radius 1 is 0.750 bits per heavy atom. The van der Waals surface area contributed by atoms with Crippen LogP contribution in [0.25, 0.3) is 0 Å². The Hall–Kier alpha value is -4.31. The maximum absolute atomic E-state index is 14.3. The normalized spacial score (nSPS) is 18.6. The van der Waals surface area contributed by atoms with Crippen molar-refractivity contribution in [1.82, 2.24) is 15.2 Å². The van der Waals surface area contributed by atoms with Crippen LogP contribution in [-0.2, 0) is 21.6 Å². The van der Waals surface area contributed by atoms with Crippen LogP contribution in [0, 0.1) is 0 Å². The molecule has 0 unspecified atom stereocenters. The Kier molecular flexibility index (Phi) is 7.01. The van der Waals surface area contributed by atoms with Gasteiger partial charge in [-0.25, -0.2) is 0 Å². The maximum atomic E-state index is 14.3. The number of nitrogens with zero attached hydrogens (tertiary/aromatic N) is 3. The number of amides is 1. The molecule has 0 aliphatic carbocycles. The number of ether oxygens (including phenoxy) is 3. The molecule has 4 aliphatic heterocycles. The topological polar surface area (TPSA) is 82.3 Å². The van der Waals surface area contributed by atoms with Crippen molar-refractivity contribution in [3.8, 4) is 11.5 Å². The smallest absolute Gasteiger partial charge is 0.255 e. The summed E-state index contributed by atoms with van der Waals surface area (Å²) in [5, 5.41) is 3.54. The van der Waals surface area contributed by atoms with Crippen molar-refractivity contribution in [3.05, 3.63) is 107 Å². The van der Waals surface area contributed by atoms with Crippen LogP contribution < -0.4 is 19.9 Å². The lowest BCUT2D eigenvalue weighted by atomic mass is 9.74. The van der Waals surface area contributed by atoms with Crippen molar-refractivity contribution in [1.29, 1.82) is 0 Å². The van der Waals surface area contributed by atoms with E-state index in [2.05, 4.69) is 73.5 Å². The minimum atomic E-state index is -0.822. The molecule has 4 aromatic rings. The van der Waals surface area contributed by atoms with Crippen LogP contribution >= 0.6 is 0 Å². The first-order valence-electron chi connectivity index (χ1n) is 15.6. The molecule has 0 radical (unpaired) electrons. The molecular formula is C35H37N5O4. The number of fused-ring (bicyclic) bond motifs is 6. The van der Waals surface area contributed by atoms with E-state index in [0.717, 1.165) is 77.0 Å².